The van der Waals surface area contributed by atoms with Gasteiger partial charge in [-0.15, -0.1) is 0 Å². The van der Waals surface area contributed by atoms with Gasteiger partial charge in [0.2, 0.25) is 0 Å². The van der Waals surface area contributed by atoms with Crippen LogP contribution in [0.5, 0.6) is 5.75 Å². The Bertz CT molecular complexity index is 714. The second-order valence-corrected chi connectivity index (χ2v) is 4.67. The summed E-state index contributed by atoms with van der Waals surface area (Å²) in [5.41, 5.74) is 1.77. The molecule has 0 spiro atoms. The second kappa shape index (κ2) is 4.08. The lowest BCUT2D eigenvalue weighted by Crippen LogP contribution is -2.29. The van der Waals surface area contributed by atoms with Crippen LogP contribution in [0.4, 0.5) is 0 Å². The number of nitrogens with one attached hydrogen (secondary N) is 1. The van der Waals surface area contributed by atoms with Crippen LogP contribution in [0.3, 0.4) is 0 Å². The van der Waals surface area contributed by atoms with Crippen molar-refractivity contribution in [3.05, 3.63) is 45.6 Å². The van der Waals surface area contributed by atoms with Crippen LogP contribution in [-0.2, 0) is 11.8 Å². The first-order chi connectivity index (χ1) is 9.06. The number of carbonyl (C=O) groups excluding carboxylic acids is 1. The molecule has 19 heavy (non-hydrogen) atoms. The Morgan fingerprint density at radius 3 is 2.95 bits per heavy atom. The van der Waals surface area contributed by atoms with Crippen LogP contribution in [0, 0.1) is 6.92 Å². The monoisotopic (exact) mass is 259 g/mol. The van der Waals surface area contributed by atoms with Crippen LogP contribution < -0.4 is 10.3 Å². The van der Waals surface area contributed by atoms with E-state index in [0.717, 1.165) is 5.69 Å². The van der Waals surface area contributed by atoms with Gasteiger partial charge < -0.3 is 9.72 Å². The molecule has 0 amide bonds. The van der Waals surface area contributed by atoms with E-state index in [2.05, 4.69) is 10.1 Å². The number of ether oxygens (including phenoxy) is 1. The molecule has 1 atom stereocenters. The fourth-order valence-electron chi connectivity index (χ4n) is 2.49. The number of hydrogen-bond acceptors (Lipinski definition) is 4. The van der Waals surface area contributed by atoms with Crippen LogP contribution in [0.15, 0.2) is 23.1 Å². The maximum absolute atomic E-state index is 12.1. The lowest BCUT2D eigenvalue weighted by molar-refractivity contribution is -0.135. The highest BCUT2D eigenvalue weighted by molar-refractivity contribution is 5.77. The number of H-pyrrole nitrogens is 1. The van der Waals surface area contributed by atoms with Crippen molar-refractivity contribution in [3.63, 3.8) is 0 Å². The Hall–Kier alpha value is -2.37. The SMILES string of the molecule is Cc1cc2c(c(=O)[nH]1)C(c1ccnn1C)CC(=O)O2. The molecule has 0 bridgehead atoms. The van der Waals surface area contributed by atoms with E-state index in [1.54, 1.807) is 30.9 Å². The van der Waals surface area contributed by atoms with Crippen molar-refractivity contribution in [3.8, 4) is 5.75 Å². The number of aromatic nitrogens is 3. The molecule has 0 saturated heterocycles. The third kappa shape index (κ3) is 1.85. The second-order valence-electron chi connectivity index (χ2n) is 4.67. The molecule has 0 aliphatic carbocycles. The molecular weight excluding hydrogens is 246 g/mol. The summed E-state index contributed by atoms with van der Waals surface area (Å²) in [4.78, 5) is 26.6. The molecule has 2 aromatic heterocycles. The molecule has 0 fully saturated rings. The number of nitrogens with zero attached hydrogens (tertiary/aromatic N) is 2. The smallest absolute Gasteiger partial charge is 0.312 e. The van der Waals surface area contributed by atoms with Gasteiger partial charge in [-0.1, -0.05) is 0 Å². The number of aromatic amines is 1. The first-order valence-corrected chi connectivity index (χ1v) is 5.98. The van der Waals surface area contributed by atoms with Crippen LogP contribution in [0.25, 0.3) is 0 Å². The minimum Gasteiger partial charge on any atom is -0.426 e. The first kappa shape index (κ1) is 11.7. The molecule has 3 heterocycles. The highest BCUT2D eigenvalue weighted by Crippen LogP contribution is 2.35. The Morgan fingerprint density at radius 1 is 1.47 bits per heavy atom. The average Bonchev–Trinajstić information content (AvgIpc) is 2.73. The van der Waals surface area contributed by atoms with E-state index in [0.29, 0.717) is 17.0 Å². The predicted octanol–water partition coefficient (Wildman–Crippen LogP) is 0.858. The minimum absolute atomic E-state index is 0.151. The standard InChI is InChI=1S/C13H13N3O3/c1-7-5-10-12(13(18)15-7)8(6-11(17)19-10)9-3-4-14-16(9)2/h3-5,8H,6H2,1-2H3,(H,15,18). The van der Waals surface area contributed by atoms with Crippen molar-refractivity contribution in [2.24, 2.45) is 7.05 Å². The van der Waals surface area contributed by atoms with Crippen LogP contribution in [0.2, 0.25) is 0 Å². The largest absolute Gasteiger partial charge is 0.426 e. The fraction of sp³-hybridized carbons (Fsp3) is 0.308. The zero-order valence-electron chi connectivity index (χ0n) is 10.6. The molecule has 0 saturated carbocycles. The molecule has 0 radical (unpaired) electrons. The van der Waals surface area contributed by atoms with E-state index in [1.165, 1.54) is 0 Å². The summed E-state index contributed by atoms with van der Waals surface area (Å²) >= 11 is 0. The molecule has 0 aromatic carbocycles. The van der Waals surface area contributed by atoms with Gasteiger partial charge in [0.25, 0.3) is 5.56 Å². The number of fused-ring (bicyclic) bond motifs is 1. The number of pyridine rings is 1. The molecule has 98 valence electrons. The van der Waals surface area contributed by atoms with Gasteiger partial charge in [0.05, 0.1) is 12.0 Å². The Kier molecular flexibility index (Phi) is 2.51. The summed E-state index contributed by atoms with van der Waals surface area (Å²) in [6, 6.07) is 3.49. The molecule has 1 aliphatic rings. The van der Waals surface area contributed by atoms with Gasteiger partial charge in [0.15, 0.2) is 0 Å². The molecule has 1 unspecified atom stereocenters. The third-order valence-corrected chi connectivity index (χ3v) is 3.33. The molecule has 3 rings (SSSR count). The van der Waals surface area contributed by atoms with Crippen LogP contribution in [0.1, 0.15) is 29.3 Å². The van der Waals surface area contributed by atoms with Gasteiger partial charge in [0, 0.05) is 36.6 Å². The lowest BCUT2D eigenvalue weighted by Gasteiger charge is -2.23. The number of aryl methyl sites for hydroxylation is 2. The lowest BCUT2D eigenvalue weighted by atomic mass is 9.90. The minimum atomic E-state index is -0.330. The number of carbonyl (C=O) groups is 1. The summed E-state index contributed by atoms with van der Waals surface area (Å²) in [7, 11) is 1.79. The van der Waals surface area contributed by atoms with Crippen molar-refractivity contribution in [1.29, 1.82) is 0 Å². The number of rotatable bonds is 1. The third-order valence-electron chi connectivity index (χ3n) is 3.33. The van der Waals surface area contributed by atoms with Crippen molar-refractivity contribution in [2.75, 3.05) is 0 Å². The van der Waals surface area contributed by atoms with Crippen molar-refractivity contribution >= 4 is 5.97 Å². The highest BCUT2D eigenvalue weighted by Gasteiger charge is 2.32. The van der Waals surface area contributed by atoms with Gasteiger partial charge in [-0.05, 0) is 13.0 Å². The summed E-state index contributed by atoms with van der Waals surface area (Å²) in [6.45, 7) is 1.75. The predicted molar refractivity (Wildman–Crippen MR) is 67.1 cm³/mol. The molecular formula is C13H13N3O3. The molecule has 1 aliphatic heterocycles. The topological polar surface area (TPSA) is 77.0 Å². The summed E-state index contributed by atoms with van der Waals surface area (Å²) in [6.07, 6.45) is 1.80. The highest BCUT2D eigenvalue weighted by atomic mass is 16.5. The van der Waals surface area contributed by atoms with Crippen molar-refractivity contribution in [1.82, 2.24) is 14.8 Å². The maximum Gasteiger partial charge on any atom is 0.312 e. The summed E-state index contributed by atoms with van der Waals surface area (Å²) in [5, 5.41) is 4.09. The zero-order valence-corrected chi connectivity index (χ0v) is 10.6. The van der Waals surface area contributed by atoms with E-state index in [9.17, 15) is 9.59 Å². The van der Waals surface area contributed by atoms with Crippen LogP contribution in [-0.4, -0.2) is 20.7 Å². The summed E-state index contributed by atoms with van der Waals surface area (Å²) in [5.74, 6) is -0.291. The van der Waals surface area contributed by atoms with Gasteiger partial charge in [-0.2, -0.15) is 5.10 Å². The van der Waals surface area contributed by atoms with E-state index in [4.69, 9.17) is 4.74 Å². The van der Waals surface area contributed by atoms with E-state index in [-0.39, 0.29) is 23.9 Å². The molecule has 2 aromatic rings. The van der Waals surface area contributed by atoms with Crippen molar-refractivity contribution in [2.45, 2.75) is 19.3 Å². The van der Waals surface area contributed by atoms with Gasteiger partial charge in [-0.25, -0.2) is 0 Å². The summed E-state index contributed by atoms with van der Waals surface area (Å²) < 4.78 is 6.85. The van der Waals surface area contributed by atoms with Gasteiger partial charge in [-0.3, -0.25) is 14.3 Å². The normalized spacial score (nSPS) is 18.0. The van der Waals surface area contributed by atoms with E-state index < -0.39 is 0 Å². The van der Waals surface area contributed by atoms with Gasteiger partial charge in [0.1, 0.15) is 5.75 Å². The van der Waals surface area contributed by atoms with Crippen LogP contribution >= 0.6 is 0 Å². The Balaban J connectivity index is 2.23. The molecule has 1 N–H and O–H groups in total. The first-order valence-electron chi connectivity index (χ1n) is 5.98. The average molecular weight is 259 g/mol. The van der Waals surface area contributed by atoms with E-state index in [1.807, 2.05) is 6.07 Å². The maximum atomic E-state index is 12.1. The zero-order chi connectivity index (χ0) is 13.6. The quantitative estimate of drug-likeness (QED) is 0.770. The van der Waals surface area contributed by atoms with Crippen molar-refractivity contribution < 1.29 is 9.53 Å². The number of esters is 1. The van der Waals surface area contributed by atoms with E-state index >= 15 is 0 Å². The Labute approximate surface area is 109 Å². The molecule has 6 heteroatoms. The Morgan fingerprint density at radius 2 is 2.26 bits per heavy atom. The fourth-order valence-corrected chi connectivity index (χ4v) is 2.49. The van der Waals surface area contributed by atoms with Gasteiger partial charge >= 0.3 is 5.97 Å². The number of hydrogen-bond donors (Lipinski definition) is 1. The molecule has 6 nitrogen and oxygen atoms in total.